The summed E-state index contributed by atoms with van der Waals surface area (Å²) in [6.07, 6.45) is 6.17. The van der Waals surface area contributed by atoms with Gasteiger partial charge in [-0.15, -0.1) is 0 Å². The van der Waals surface area contributed by atoms with Gasteiger partial charge in [0, 0.05) is 32.1 Å². The monoisotopic (exact) mass is 359 g/mol. The predicted molar refractivity (Wildman–Crippen MR) is 96.7 cm³/mol. The fourth-order valence-corrected chi connectivity index (χ4v) is 4.50. The number of rotatable bonds is 3. The fourth-order valence-electron chi connectivity index (χ4n) is 4.50. The van der Waals surface area contributed by atoms with Crippen LogP contribution in [0.3, 0.4) is 0 Å². The lowest BCUT2D eigenvalue weighted by atomic mass is 9.77. The Hall–Kier alpha value is -1.85. The minimum atomic E-state index is -0.400. The number of oxazole rings is 1. The van der Waals surface area contributed by atoms with Gasteiger partial charge in [-0.05, 0) is 37.5 Å². The summed E-state index contributed by atoms with van der Waals surface area (Å²) in [6, 6.07) is 0. The first-order valence-electron chi connectivity index (χ1n) is 9.81. The van der Waals surface area contributed by atoms with Gasteiger partial charge in [0.15, 0.2) is 12.1 Å². The van der Waals surface area contributed by atoms with Crippen LogP contribution in [0.2, 0.25) is 0 Å². The first kappa shape index (κ1) is 17.6. The van der Waals surface area contributed by atoms with E-state index in [2.05, 4.69) is 25.8 Å². The molecule has 1 atom stereocenters. The van der Waals surface area contributed by atoms with Crippen LogP contribution in [0.1, 0.15) is 75.0 Å². The van der Waals surface area contributed by atoms with E-state index in [1.165, 1.54) is 6.39 Å². The molecule has 2 amide bonds. The molecular formula is C20H29N3O3. The van der Waals surface area contributed by atoms with Crippen LogP contribution < -0.4 is 0 Å². The molecule has 26 heavy (non-hydrogen) atoms. The first-order chi connectivity index (χ1) is 12.3. The van der Waals surface area contributed by atoms with Crippen molar-refractivity contribution in [2.45, 2.75) is 58.8 Å². The van der Waals surface area contributed by atoms with Crippen molar-refractivity contribution in [3.05, 3.63) is 17.8 Å². The highest BCUT2D eigenvalue weighted by Gasteiger charge is 2.50. The van der Waals surface area contributed by atoms with Gasteiger partial charge >= 0.3 is 0 Å². The standard InChI is InChI=1S/C20H29N3O3/c1-19(2,3)11-23-9-4-7-20(18(23)25)8-10-22(12-20)17(24)15-16(14-5-6-14)26-13-21-15/h13-14H,4-12H2,1-3H3. The van der Waals surface area contributed by atoms with Gasteiger partial charge in [0.2, 0.25) is 5.91 Å². The zero-order valence-electron chi connectivity index (χ0n) is 16.1. The van der Waals surface area contributed by atoms with E-state index in [-0.39, 0.29) is 17.2 Å². The second-order valence-corrected chi connectivity index (χ2v) is 9.49. The van der Waals surface area contributed by atoms with Gasteiger partial charge in [0.05, 0.1) is 5.41 Å². The van der Waals surface area contributed by atoms with Crippen molar-refractivity contribution in [1.29, 1.82) is 0 Å². The summed E-state index contributed by atoms with van der Waals surface area (Å²) in [5.41, 5.74) is 0.143. The Labute approximate surface area is 154 Å². The Bertz CT molecular complexity index is 716. The third-order valence-corrected chi connectivity index (χ3v) is 5.88. The lowest BCUT2D eigenvalue weighted by Gasteiger charge is -2.41. The van der Waals surface area contributed by atoms with Crippen molar-refractivity contribution in [1.82, 2.24) is 14.8 Å². The Morgan fingerprint density at radius 3 is 2.77 bits per heavy atom. The van der Waals surface area contributed by atoms with Crippen LogP contribution in [0, 0.1) is 10.8 Å². The summed E-state index contributed by atoms with van der Waals surface area (Å²) in [7, 11) is 0. The van der Waals surface area contributed by atoms with E-state index < -0.39 is 5.41 Å². The third-order valence-electron chi connectivity index (χ3n) is 5.88. The maximum Gasteiger partial charge on any atom is 0.276 e. The van der Waals surface area contributed by atoms with Gasteiger partial charge in [-0.25, -0.2) is 4.98 Å². The topological polar surface area (TPSA) is 66.7 Å². The zero-order valence-corrected chi connectivity index (χ0v) is 16.1. The van der Waals surface area contributed by atoms with E-state index in [9.17, 15) is 9.59 Å². The largest absolute Gasteiger partial charge is 0.447 e. The molecule has 1 unspecified atom stereocenters. The maximum absolute atomic E-state index is 13.2. The molecule has 1 aromatic heterocycles. The molecule has 0 N–H and O–H groups in total. The number of hydrogen-bond donors (Lipinski definition) is 0. The molecule has 1 aromatic rings. The van der Waals surface area contributed by atoms with Crippen molar-refractivity contribution in [3.63, 3.8) is 0 Å². The van der Waals surface area contributed by atoms with Crippen molar-refractivity contribution < 1.29 is 14.0 Å². The quantitative estimate of drug-likeness (QED) is 0.832. The van der Waals surface area contributed by atoms with Crippen LogP contribution in [0.15, 0.2) is 10.8 Å². The molecule has 0 aromatic carbocycles. The molecule has 3 fully saturated rings. The lowest BCUT2D eigenvalue weighted by molar-refractivity contribution is -0.146. The molecule has 142 valence electrons. The highest BCUT2D eigenvalue weighted by atomic mass is 16.3. The Balaban J connectivity index is 1.49. The molecule has 4 rings (SSSR count). The Kier molecular flexibility index (Phi) is 4.12. The van der Waals surface area contributed by atoms with Gasteiger partial charge in [0.25, 0.3) is 5.91 Å². The average Bonchev–Trinajstić information content (AvgIpc) is 3.14. The number of aromatic nitrogens is 1. The molecule has 1 aliphatic carbocycles. The van der Waals surface area contributed by atoms with E-state index in [4.69, 9.17) is 4.42 Å². The Morgan fingerprint density at radius 1 is 1.31 bits per heavy atom. The fraction of sp³-hybridized carbons (Fsp3) is 0.750. The maximum atomic E-state index is 13.2. The second kappa shape index (κ2) is 6.10. The summed E-state index contributed by atoms with van der Waals surface area (Å²) in [5.74, 6) is 1.25. The summed E-state index contributed by atoms with van der Waals surface area (Å²) in [6.45, 7) is 9.24. The number of carbonyl (C=O) groups is 2. The van der Waals surface area contributed by atoms with Gasteiger partial charge in [0.1, 0.15) is 5.76 Å². The summed E-state index contributed by atoms with van der Waals surface area (Å²) >= 11 is 0. The number of hydrogen-bond acceptors (Lipinski definition) is 4. The molecule has 3 aliphatic rings. The van der Waals surface area contributed by atoms with Crippen LogP contribution in [0.4, 0.5) is 0 Å². The predicted octanol–water partition coefficient (Wildman–Crippen LogP) is 3.05. The van der Waals surface area contributed by atoms with Gasteiger partial charge in [-0.2, -0.15) is 0 Å². The summed E-state index contributed by atoms with van der Waals surface area (Å²) in [5, 5.41) is 0. The lowest BCUT2D eigenvalue weighted by Crippen LogP contribution is -2.52. The average molecular weight is 359 g/mol. The molecule has 2 saturated heterocycles. The molecular weight excluding hydrogens is 330 g/mol. The van der Waals surface area contributed by atoms with E-state index in [1.54, 1.807) is 0 Å². The first-order valence-corrected chi connectivity index (χ1v) is 9.81. The molecule has 0 bridgehead atoms. The van der Waals surface area contributed by atoms with Crippen molar-refractivity contribution in [2.24, 2.45) is 10.8 Å². The van der Waals surface area contributed by atoms with Crippen LogP contribution in [-0.2, 0) is 4.79 Å². The molecule has 2 aliphatic heterocycles. The third kappa shape index (κ3) is 3.14. The van der Waals surface area contributed by atoms with E-state index in [0.29, 0.717) is 24.7 Å². The molecule has 6 heteroatoms. The van der Waals surface area contributed by atoms with Gasteiger partial charge < -0.3 is 14.2 Å². The van der Waals surface area contributed by atoms with E-state index >= 15 is 0 Å². The summed E-state index contributed by atoms with van der Waals surface area (Å²) in [4.78, 5) is 34.2. The van der Waals surface area contributed by atoms with Gasteiger partial charge in [-0.1, -0.05) is 20.8 Å². The normalized spacial score (nSPS) is 26.8. The Morgan fingerprint density at radius 2 is 2.08 bits per heavy atom. The van der Waals surface area contributed by atoms with Crippen molar-refractivity contribution in [2.75, 3.05) is 26.2 Å². The SMILES string of the molecule is CC(C)(C)CN1CCCC2(CCN(C(=O)c3ncoc3C3CC3)C2)C1=O. The minimum absolute atomic E-state index is 0.0710. The van der Waals surface area contributed by atoms with E-state index in [0.717, 1.165) is 51.0 Å². The van der Waals surface area contributed by atoms with Crippen molar-refractivity contribution in [3.8, 4) is 0 Å². The molecule has 3 heterocycles. The van der Waals surface area contributed by atoms with Crippen molar-refractivity contribution >= 4 is 11.8 Å². The smallest absolute Gasteiger partial charge is 0.276 e. The molecule has 1 spiro atoms. The number of piperidine rings is 1. The van der Waals surface area contributed by atoms with Gasteiger partial charge in [-0.3, -0.25) is 9.59 Å². The highest BCUT2D eigenvalue weighted by molar-refractivity contribution is 5.95. The zero-order chi connectivity index (χ0) is 18.5. The molecule has 6 nitrogen and oxygen atoms in total. The van der Waals surface area contributed by atoms with Crippen LogP contribution in [0.25, 0.3) is 0 Å². The highest BCUT2D eigenvalue weighted by Crippen LogP contribution is 2.44. The number of likely N-dealkylation sites (tertiary alicyclic amines) is 2. The number of carbonyl (C=O) groups excluding carboxylic acids is 2. The molecule has 1 saturated carbocycles. The van der Waals surface area contributed by atoms with Crippen LogP contribution in [0.5, 0.6) is 0 Å². The minimum Gasteiger partial charge on any atom is -0.447 e. The molecule has 0 radical (unpaired) electrons. The summed E-state index contributed by atoms with van der Waals surface area (Å²) < 4.78 is 5.47. The van der Waals surface area contributed by atoms with Crippen LogP contribution in [-0.4, -0.2) is 52.8 Å². The number of nitrogens with zero attached hydrogens (tertiary/aromatic N) is 3. The van der Waals surface area contributed by atoms with Crippen LogP contribution >= 0.6 is 0 Å². The second-order valence-electron chi connectivity index (χ2n) is 9.49. The van der Waals surface area contributed by atoms with E-state index in [1.807, 2.05) is 9.80 Å². The number of amides is 2.